The molecule has 1 fully saturated rings. The number of halogens is 1. The van der Waals surface area contributed by atoms with Gasteiger partial charge in [0, 0.05) is 42.6 Å². The number of nitrogens with one attached hydrogen (secondary N) is 2. The SMILES string of the molecule is COc1cc(C)ccc1CNC(=O)CC1CSCCN1.Cl. The molecule has 1 aliphatic rings. The normalized spacial score (nSPS) is 17.7. The molecule has 118 valence electrons. The maximum absolute atomic E-state index is 11.9. The number of benzene rings is 1. The first-order valence-electron chi connectivity index (χ1n) is 6.90. The molecule has 1 saturated heterocycles. The summed E-state index contributed by atoms with van der Waals surface area (Å²) in [6, 6.07) is 6.32. The average Bonchev–Trinajstić information content (AvgIpc) is 2.47. The molecule has 0 spiro atoms. The first kappa shape index (κ1) is 18.1. The summed E-state index contributed by atoms with van der Waals surface area (Å²) in [6.07, 6.45) is 0.543. The van der Waals surface area contributed by atoms with E-state index in [1.165, 1.54) is 0 Å². The summed E-state index contributed by atoms with van der Waals surface area (Å²) >= 11 is 1.90. The molecule has 2 rings (SSSR count). The van der Waals surface area contributed by atoms with Crippen molar-refractivity contribution in [1.29, 1.82) is 0 Å². The molecule has 1 heterocycles. The lowest BCUT2D eigenvalue weighted by molar-refractivity contribution is -0.121. The third kappa shape index (κ3) is 5.77. The van der Waals surface area contributed by atoms with Gasteiger partial charge in [-0.3, -0.25) is 4.79 Å². The van der Waals surface area contributed by atoms with E-state index in [2.05, 4.69) is 10.6 Å². The van der Waals surface area contributed by atoms with E-state index < -0.39 is 0 Å². The van der Waals surface area contributed by atoms with Crippen LogP contribution in [-0.2, 0) is 11.3 Å². The monoisotopic (exact) mass is 330 g/mol. The molecule has 21 heavy (non-hydrogen) atoms. The number of thioether (sulfide) groups is 1. The zero-order valence-electron chi connectivity index (χ0n) is 12.5. The second-order valence-corrected chi connectivity index (χ2v) is 6.17. The first-order chi connectivity index (χ1) is 9.69. The highest BCUT2D eigenvalue weighted by Gasteiger charge is 2.16. The molecule has 1 aliphatic heterocycles. The molecule has 0 aliphatic carbocycles. The van der Waals surface area contributed by atoms with Crippen LogP contribution in [0.25, 0.3) is 0 Å². The summed E-state index contributed by atoms with van der Waals surface area (Å²) in [5, 5.41) is 6.34. The predicted molar refractivity (Wildman–Crippen MR) is 90.6 cm³/mol. The smallest absolute Gasteiger partial charge is 0.221 e. The third-order valence-electron chi connectivity index (χ3n) is 3.35. The standard InChI is InChI=1S/C15H22N2O2S.ClH/c1-11-3-4-12(14(7-11)19-2)9-17-15(18)8-13-10-20-6-5-16-13;/h3-4,7,13,16H,5-6,8-10H2,1-2H3,(H,17,18);1H. The number of carbonyl (C=O) groups excluding carboxylic acids is 1. The van der Waals surface area contributed by atoms with Crippen LogP contribution in [0.2, 0.25) is 0 Å². The molecule has 1 amide bonds. The zero-order chi connectivity index (χ0) is 14.4. The van der Waals surface area contributed by atoms with Crippen molar-refractivity contribution in [2.45, 2.75) is 25.9 Å². The Kier molecular flexibility index (Phi) is 7.93. The fourth-order valence-corrected chi connectivity index (χ4v) is 3.19. The number of ether oxygens (including phenoxy) is 1. The summed E-state index contributed by atoms with van der Waals surface area (Å²) in [5.41, 5.74) is 2.16. The lowest BCUT2D eigenvalue weighted by atomic mass is 10.1. The molecular formula is C15H23ClN2O2S. The minimum Gasteiger partial charge on any atom is -0.496 e. The van der Waals surface area contributed by atoms with E-state index in [0.717, 1.165) is 34.9 Å². The zero-order valence-corrected chi connectivity index (χ0v) is 14.1. The summed E-state index contributed by atoms with van der Waals surface area (Å²) in [4.78, 5) is 11.9. The van der Waals surface area contributed by atoms with Crippen LogP contribution in [0.1, 0.15) is 17.5 Å². The highest BCUT2D eigenvalue weighted by atomic mass is 35.5. The van der Waals surface area contributed by atoms with Crippen molar-refractivity contribution in [3.63, 3.8) is 0 Å². The van der Waals surface area contributed by atoms with Gasteiger partial charge in [-0.15, -0.1) is 12.4 Å². The number of hydrogen-bond donors (Lipinski definition) is 2. The van der Waals surface area contributed by atoms with Crippen molar-refractivity contribution in [1.82, 2.24) is 10.6 Å². The van der Waals surface area contributed by atoms with Crippen molar-refractivity contribution in [3.8, 4) is 5.75 Å². The molecule has 0 aromatic heterocycles. The molecule has 0 radical (unpaired) electrons. The molecular weight excluding hydrogens is 308 g/mol. The van der Waals surface area contributed by atoms with Crippen molar-refractivity contribution >= 4 is 30.1 Å². The summed E-state index contributed by atoms with van der Waals surface area (Å²) < 4.78 is 5.34. The minimum atomic E-state index is 0. The second kappa shape index (κ2) is 9.18. The fraction of sp³-hybridized carbons (Fsp3) is 0.533. The number of methoxy groups -OCH3 is 1. The Labute approximate surface area is 136 Å². The Morgan fingerprint density at radius 3 is 3.00 bits per heavy atom. The van der Waals surface area contributed by atoms with Gasteiger partial charge < -0.3 is 15.4 Å². The first-order valence-corrected chi connectivity index (χ1v) is 8.06. The van der Waals surface area contributed by atoms with Crippen LogP contribution in [0.15, 0.2) is 18.2 Å². The molecule has 1 aromatic rings. The highest BCUT2D eigenvalue weighted by Crippen LogP contribution is 2.19. The minimum absolute atomic E-state index is 0. The van der Waals surface area contributed by atoms with Crippen LogP contribution >= 0.6 is 24.2 Å². The molecule has 0 saturated carbocycles. The molecule has 0 bridgehead atoms. The van der Waals surface area contributed by atoms with E-state index in [4.69, 9.17) is 4.74 Å². The van der Waals surface area contributed by atoms with E-state index in [9.17, 15) is 4.79 Å². The topological polar surface area (TPSA) is 50.4 Å². The van der Waals surface area contributed by atoms with Gasteiger partial charge in [-0.05, 0) is 18.6 Å². The van der Waals surface area contributed by atoms with Gasteiger partial charge in [0.1, 0.15) is 5.75 Å². The molecule has 6 heteroatoms. The number of rotatable bonds is 5. The average molecular weight is 331 g/mol. The maximum atomic E-state index is 11.9. The quantitative estimate of drug-likeness (QED) is 0.868. The molecule has 1 aromatic carbocycles. The number of aryl methyl sites for hydroxylation is 1. The van der Waals surface area contributed by atoms with Gasteiger partial charge in [0.15, 0.2) is 0 Å². The molecule has 1 unspecified atom stereocenters. The van der Waals surface area contributed by atoms with E-state index in [1.54, 1.807) is 7.11 Å². The number of carbonyl (C=O) groups is 1. The van der Waals surface area contributed by atoms with Crippen LogP contribution < -0.4 is 15.4 Å². The summed E-state index contributed by atoms with van der Waals surface area (Å²) in [5.74, 6) is 3.07. The van der Waals surface area contributed by atoms with Gasteiger partial charge in [-0.2, -0.15) is 11.8 Å². The van der Waals surface area contributed by atoms with Gasteiger partial charge in [0.2, 0.25) is 5.91 Å². The van der Waals surface area contributed by atoms with Gasteiger partial charge in [-0.25, -0.2) is 0 Å². The molecule has 2 N–H and O–H groups in total. The maximum Gasteiger partial charge on any atom is 0.221 e. The van der Waals surface area contributed by atoms with Gasteiger partial charge >= 0.3 is 0 Å². The third-order valence-corrected chi connectivity index (χ3v) is 4.48. The van der Waals surface area contributed by atoms with Crippen LogP contribution in [0.5, 0.6) is 5.75 Å². The molecule has 4 nitrogen and oxygen atoms in total. The Morgan fingerprint density at radius 2 is 2.33 bits per heavy atom. The van der Waals surface area contributed by atoms with Gasteiger partial charge in [0.25, 0.3) is 0 Å². The largest absolute Gasteiger partial charge is 0.496 e. The Balaban J connectivity index is 0.00000220. The predicted octanol–water partition coefficient (Wildman–Crippen LogP) is 2.14. The van der Waals surface area contributed by atoms with Crippen molar-refractivity contribution in [2.75, 3.05) is 25.2 Å². The van der Waals surface area contributed by atoms with Crippen molar-refractivity contribution in [3.05, 3.63) is 29.3 Å². The highest BCUT2D eigenvalue weighted by molar-refractivity contribution is 7.99. The van der Waals surface area contributed by atoms with E-state index >= 15 is 0 Å². The Hall–Kier alpha value is -0.910. The number of hydrogen-bond acceptors (Lipinski definition) is 4. The van der Waals surface area contributed by atoms with Crippen molar-refractivity contribution < 1.29 is 9.53 Å². The second-order valence-electron chi connectivity index (χ2n) is 5.02. The Morgan fingerprint density at radius 1 is 1.52 bits per heavy atom. The fourth-order valence-electron chi connectivity index (χ4n) is 2.24. The summed E-state index contributed by atoms with van der Waals surface area (Å²) in [7, 11) is 1.66. The van der Waals surface area contributed by atoms with Crippen LogP contribution in [0, 0.1) is 6.92 Å². The van der Waals surface area contributed by atoms with Crippen LogP contribution in [-0.4, -0.2) is 37.1 Å². The molecule has 1 atom stereocenters. The lowest BCUT2D eigenvalue weighted by Crippen LogP contribution is -2.41. The van der Waals surface area contributed by atoms with Crippen molar-refractivity contribution in [2.24, 2.45) is 0 Å². The lowest BCUT2D eigenvalue weighted by Gasteiger charge is -2.22. The van der Waals surface area contributed by atoms with Crippen LogP contribution in [0.4, 0.5) is 0 Å². The van der Waals surface area contributed by atoms with E-state index in [0.29, 0.717) is 19.0 Å². The van der Waals surface area contributed by atoms with Gasteiger partial charge in [-0.1, -0.05) is 12.1 Å². The van der Waals surface area contributed by atoms with Gasteiger partial charge in [0.05, 0.1) is 7.11 Å². The van der Waals surface area contributed by atoms with Crippen LogP contribution in [0.3, 0.4) is 0 Å². The number of amides is 1. The van der Waals surface area contributed by atoms with E-state index in [1.807, 2.05) is 36.9 Å². The Bertz CT molecular complexity index is 465. The van der Waals surface area contributed by atoms with E-state index in [-0.39, 0.29) is 18.3 Å². The summed E-state index contributed by atoms with van der Waals surface area (Å²) in [6.45, 7) is 3.54.